The number of pyridine rings is 1. The zero-order valence-electron chi connectivity index (χ0n) is 9.61. The standard InChI is InChI=1S/C11H9Cl2N3O2/c1-5-8(11(17)18)10(16(2)15-5)9-7(13)3-6(12)4-14-9/h3-4H,1-2H3,(H,17,18). The summed E-state index contributed by atoms with van der Waals surface area (Å²) in [4.78, 5) is 15.3. The quantitative estimate of drug-likeness (QED) is 0.921. The van der Waals surface area contributed by atoms with Gasteiger partial charge in [0.1, 0.15) is 17.0 Å². The summed E-state index contributed by atoms with van der Waals surface area (Å²) in [5.74, 6) is -1.07. The molecule has 1 N–H and O–H groups in total. The first kappa shape index (κ1) is 12.9. The lowest BCUT2D eigenvalue weighted by Gasteiger charge is -2.05. The Hall–Kier alpha value is -1.59. The van der Waals surface area contributed by atoms with E-state index in [0.29, 0.717) is 22.1 Å². The smallest absolute Gasteiger partial charge is 0.339 e. The molecule has 0 aliphatic rings. The van der Waals surface area contributed by atoms with E-state index in [0.717, 1.165) is 0 Å². The highest BCUT2D eigenvalue weighted by molar-refractivity contribution is 6.36. The second kappa shape index (κ2) is 4.59. The number of carboxylic acid groups (broad SMARTS) is 1. The second-order valence-electron chi connectivity index (χ2n) is 3.72. The Labute approximate surface area is 113 Å². The van der Waals surface area contributed by atoms with Crippen LogP contribution in [0.2, 0.25) is 10.0 Å². The van der Waals surface area contributed by atoms with Gasteiger partial charge in [0.05, 0.1) is 15.7 Å². The van der Waals surface area contributed by atoms with Gasteiger partial charge in [0.2, 0.25) is 0 Å². The van der Waals surface area contributed by atoms with Gasteiger partial charge in [0.25, 0.3) is 0 Å². The molecule has 0 bridgehead atoms. The summed E-state index contributed by atoms with van der Waals surface area (Å²) >= 11 is 11.8. The van der Waals surface area contributed by atoms with E-state index in [2.05, 4.69) is 10.1 Å². The Kier molecular flexibility index (Phi) is 3.28. The van der Waals surface area contributed by atoms with E-state index in [1.165, 1.54) is 16.9 Å². The normalized spacial score (nSPS) is 10.7. The number of aromatic carboxylic acids is 1. The molecule has 94 valence electrons. The average molecular weight is 286 g/mol. The Morgan fingerprint density at radius 1 is 1.44 bits per heavy atom. The fraction of sp³-hybridized carbons (Fsp3) is 0.182. The van der Waals surface area contributed by atoms with Crippen molar-refractivity contribution in [2.24, 2.45) is 7.05 Å². The first-order chi connectivity index (χ1) is 8.41. The minimum absolute atomic E-state index is 0.0919. The SMILES string of the molecule is Cc1nn(C)c(-c2ncc(Cl)cc2Cl)c1C(=O)O. The van der Waals surface area contributed by atoms with Gasteiger partial charge >= 0.3 is 5.97 Å². The molecule has 2 heterocycles. The zero-order valence-corrected chi connectivity index (χ0v) is 11.1. The molecule has 2 aromatic heterocycles. The van der Waals surface area contributed by atoms with Crippen LogP contribution in [0.4, 0.5) is 0 Å². The maximum absolute atomic E-state index is 11.3. The molecule has 0 saturated carbocycles. The number of aryl methyl sites for hydroxylation is 2. The van der Waals surface area contributed by atoms with Crippen molar-refractivity contribution in [2.45, 2.75) is 6.92 Å². The van der Waals surface area contributed by atoms with Gasteiger partial charge < -0.3 is 5.11 Å². The topological polar surface area (TPSA) is 68.0 Å². The highest BCUT2D eigenvalue weighted by Crippen LogP contribution is 2.31. The number of nitrogens with zero attached hydrogens (tertiary/aromatic N) is 3. The number of carboxylic acids is 1. The van der Waals surface area contributed by atoms with Crippen LogP contribution in [-0.2, 0) is 7.05 Å². The number of hydrogen-bond acceptors (Lipinski definition) is 3. The molecule has 2 rings (SSSR count). The third kappa shape index (κ3) is 2.07. The summed E-state index contributed by atoms with van der Waals surface area (Å²) in [5.41, 5.74) is 1.21. The summed E-state index contributed by atoms with van der Waals surface area (Å²) in [6.45, 7) is 1.62. The van der Waals surface area contributed by atoms with Crippen molar-refractivity contribution in [1.29, 1.82) is 0 Å². The second-order valence-corrected chi connectivity index (χ2v) is 4.57. The molecular formula is C11H9Cl2N3O2. The first-order valence-corrected chi connectivity index (χ1v) is 5.75. The summed E-state index contributed by atoms with van der Waals surface area (Å²) in [5, 5.41) is 14.0. The lowest BCUT2D eigenvalue weighted by molar-refractivity contribution is 0.0697. The number of halogens is 2. The van der Waals surface area contributed by atoms with Crippen molar-refractivity contribution in [3.05, 3.63) is 33.6 Å². The zero-order chi connectivity index (χ0) is 13.4. The van der Waals surface area contributed by atoms with E-state index in [9.17, 15) is 9.90 Å². The Bertz CT molecular complexity index is 637. The van der Waals surface area contributed by atoms with Crippen LogP contribution >= 0.6 is 23.2 Å². The summed E-state index contributed by atoms with van der Waals surface area (Å²) in [6, 6.07) is 1.51. The lowest BCUT2D eigenvalue weighted by atomic mass is 10.1. The highest BCUT2D eigenvalue weighted by Gasteiger charge is 2.23. The number of hydrogen-bond donors (Lipinski definition) is 1. The van der Waals surface area contributed by atoms with Gasteiger partial charge in [-0.25, -0.2) is 4.79 Å². The Morgan fingerprint density at radius 3 is 2.67 bits per heavy atom. The monoisotopic (exact) mass is 285 g/mol. The Balaban J connectivity index is 2.74. The molecule has 0 aliphatic carbocycles. The molecule has 0 aliphatic heterocycles. The van der Waals surface area contributed by atoms with E-state index in [1.54, 1.807) is 14.0 Å². The number of rotatable bonds is 2. The van der Waals surface area contributed by atoms with Crippen molar-refractivity contribution in [3.63, 3.8) is 0 Å². The van der Waals surface area contributed by atoms with E-state index >= 15 is 0 Å². The van der Waals surface area contributed by atoms with Gasteiger partial charge in [0.15, 0.2) is 0 Å². The molecule has 18 heavy (non-hydrogen) atoms. The number of carbonyl (C=O) groups is 1. The van der Waals surface area contributed by atoms with Gasteiger partial charge in [-0.15, -0.1) is 0 Å². The molecule has 2 aromatic rings. The third-order valence-corrected chi connectivity index (χ3v) is 2.96. The predicted molar refractivity (Wildman–Crippen MR) is 68.2 cm³/mol. The van der Waals surface area contributed by atoms with Crippen LogP contribution in [0, 0.1) is 6.92 Å². The number of aromatic nitrogens is 3. The highest BCUT2D eigenvalue weighted by atomic mass is 35.5. The van der Waals surface area contributed by atoms with Gasteiger partial charge in [-0.3, -0.25) is 9.67 Å². The molecule has 0 amide bonds. The first-order valence-electron chi connectivity index (χ1n) is 5.00. The molecular weight excluding hydrogens is 277 g/mol. The van der Waals surface area contributed by atoms with Gasteiger partial charge in [-0.1, -0.05) is 23.2 Å². The van der Waals surface area contributed by atoms with Gasteiger partial charge in [-0.2, -0.15) is 5.10 Å². The van der Waals surface area contributed by atoms with E-state index < -0.39 is 5.97 Å². The molecule has 0 spiro atoms. The maximum Gasteiger partial charge on any atom is 0.339 e. The summed E-state index contributed by atoms with van der Waals surface area (Å²) in [7, 11) is 1.64. The summed E-state index contributed by atoms with van der Waals surface area (Å²) in [6.07, 6.45) is 1.41. The van der Waals surface area contributed by atoms with Gasteiger partial charge in [-0.05, 0) is 13.0 Å². The van der Waals surface area contributed by atoms with E-state index in [-0.39, 0.29) is 10.6 Å². The van der Waals surface area contributed by atoms with Crippen LogP contribution in [0.15, 0.2) is 12.3 Å². The largest absolute Gasteiger partial charge is 0.478 e. The van der Waals surface area contributed by atoms with Crippen molar-refractivity contribution in [1.82, 2.24) is 14.8 Å². The molecule has 0 saturated heterocycles. The molecule has 0 radical (unpaired) electrons. The van der Waals surface area contributed by atoms with Crippen LogP contribution in [0.3, 0.4) is 0 Å². The van der Waals surface area contributed by atoms with Crippen molar-refractivity contribution < 1.29 is 9.90 Å². The average Bonchev–Trinajstić information content (AvgIpc) is 2.53. The maximum atomic E-state index is 11.3. The molecule has 5 nitrogen and oxygen atoms in total. The Morgan fingerprint density at radius 2 is 2.11 bits per heavy atom. The van der Waals surface area contributed by atoms with Crippen molar-refractivity contribution in [2.75, 3.05) is 0 Å². The van der Waals surface area contributed by atoms with Crippen LogP contribution in [0.25, 0.3) is 11.4 Å². The molecule has 0 unspecified atom stereocenters. The minimum Gasteiger partial charge on any atom is -0.478 e. The van der Waals surface area contributed by atoms with Crippen LogP contribution in [0.5, 0.6) is 0 Å². The van der Waals surface area contributed by atoms with Crippen LogP contribution in [0.1, 0.15) is 16.1 Å². The van der Waals surface area contributed by atoms with E-state index in [4.69, 9.17) is 23.2 Å². The minimum atomic E-state index is -1.07. The summed E-state index contributed by atoms with van der Waals surface area (Å²) < 4.78 is 1.45. The lowest BCUT2D eigenvalue weighted by Crippen LogP contribution is -2.03. The molecule has 0 aromatic carbocycles. The van der Waals surface area contributed by atoms with Crippen LogP contribution in [-0.4, -0.2) is 25.8 Å². The van der Waals surface area contributed by atoms with Crippen molar-refractivity contribution >= 4 is 29.2 Å². The molecule has 0 atom stereocenters. The fourth-order valence-corrected chi connectivity index (χ4v) is 2.24. The third-order valence-electron chi connectivity index (χ3n) is 2.47. The van der Waals surface area contributed by atoms with Gasteiger partial charge in [0, 0.05) is 13.2 Å². The fourth-order valence-electron chi connectivity index (χ4n) is 1.77. The predicted octanol–water partition coefficient (Wildman–Crippen LogP) is 2.80. The molecule has 7 heteroatoms. The van der Waals surface area contributed by atoms with Crippen LogP contribution < -0.4 is 0 Å². The van der Waals surface area contributed by atoms with E-state index in [1.807, 2.05) is 0 Å². The molecule has 0 fully saturated rings. The van der Waals surface area contributed by atoms with Crippen molar-refractivity contribution in [3.8, 4) is 11.4 Å².